The van der Waals surface area contributed by atoms with Crippen LogP contribution in [0.1, 0.15) is 28.2 Å². The summed E-state index contributed by atoms with van der Waals surface area (Å²) in [5.74, 6) is -3.48. The highest BCUT2D eigenvalue weighted by Crippen LogP contribution is 2.46. The number of hydrogen-bond acceptors (Lipinski definition) is 8. The molecular weight excluding hydrogens is 561 g/mol. The van der Waals surface area contributed by atoms with E-state index in [-0.39, 0.29) is 34.9 Å². The number of esters is 2. The van der Waals surface area contributed by atoms with E-state index in [1.807, 2.05) is 30.3 Å². The van der Waals surface area contributed by atoms with E-state index < -0.39 is 35.3 Å². The van der Waals surface area contributed by atoms with Gasteiger partial charge in [0.15, 0.2) is 0 Å². The maximum atomic E-state index is 14.6. The quantitative estimate of drug-likeness (QED) is 0.407. The molecule has 0 aliphatic carbocycles. The number of ether oxygens (including phenoxy) is 2. The Bertz CT molecular complexity index is 1690. The van der Waals surface area contributed by atoms with Crippen LogP contribution in [0.4, 0.5) is 24.5 Å². The molecule has 0 saturated carbocycles. The van der Waals surface area contributed by atoms with Crippen LogP contribution in [0.15, 0.2) is 95.5 Å². The van der Waals surface area contributed by atoms with Crippen LogP contribution in [-0.4, -0.2) is 32.7 Å². The van der Waals surface area contributed by atoms with Crippen LogP contribution >= 0.6 is 0 Å². The second-order valence-corrected chi connectivity index (χ2v) is 9.97. The monoisotopic (exact) mass is 588 g/mol. The van der Waals surface area contributed by atoms with E-state index in [4.69, 9.17) is 15.2 Å². The first kappa shape index (κ1) is 29.3. The van der Waals surface area contributed by atoms with Crippen LogP contribution in [-0.2, 0) is 38.2 Å². The SMILES string of the molecule is COC(=O)C1=C(C(=O)OC)N(c2ccc(N3CCc4ccccc4C3)c(C(F)(F)F)c2)C(N)=C(C#N)C1c1ccccc1. The highest BCUT2D eigenvalue weighted by atomic mass is 19.4. The second kappa shape index (κ2) is 11.6. The molecular formula is C32H27F3N4O4. The third-order valence-corrected chi connectivity index (χ3v) is 7.63. The topological polar surface area (TPSA) is 109 Å². The molecule has 2 heterocycles. The molecule has 0 aromatic heterocycles. The third-order valence-electron chi connectivity index (χ3n) is 7.63. The average Bonchev–Trinajstić information content (AvgIpc) is 3.02. The predicted octanol–water partition coefficient (Wildman–Crippen LogP) is 5.17. The van der Waals surface area contributed by atoms with Gasteiger partial charge in [0.2, 0.25) is 0 Å². The lowest BCUT2D eigenvalue weighted by molar-refractivity contribution is -0.139. The highest BCUT2D eigenvalue weighted by molar-refractivity contribution is 6.06. The summed E-state index contributed by atoms with van der Waals surface area (Å²) >= 11 is 0. The molecule has 0 saturated heterocycles. The zero-order chi connectivity index (χ0) is 30.9. The maximum absolute atomic E-state index is 14.6. The minimum absolute atomic E-state index is 0.0511. The lowest BCUT2D eigenvalue weighted by Gasteiger charge is -2.37. The molecule has 0 radical (unpaired) electrons. The number of hydrogen-bond donors (Lipinski definition) is 1. The summed E-state index contributed by atoms with van der Waals surface area (Å²) in [5.41, 5.74) is 6.82. The number of benzene rings is 3. The molecule has 11 heteroatoms. The number of fused-ring (bicyclic) bond motifs is 1. The van der Waals surface area contributed by atoms with Gasteiger partial charge in [-0.05, 0) is 41.3 Å². The smallest absolute Gasteiger partial charge is 0.418 e. The van der Waals surface area contributed by atoms with E-state index in [9.17, 15) is 28.0 Å². The fourth-order valence-electron chi connectivity index (χ4n) is 5.65. The van der Waals surface area contributed by atoms with E-state index in [1.54, 1.807) is 35.2 Å². The lowest BCUT2D eigenvalue weighted by atomic mass is 9.81. The van der Waals surface area contributed by atoms with Crippen molar-refractivity contribution in [2.24, 2.45) is 5.73 Å². The number of anilines is 2. The number of carbonyl (C=O) groups is 2. The number of methoxy groups -OCH3 is 2. The van der Waals surface area contributed by atoms with Gasteiger partial charge in [0.25, 0.3) is 0 Å². The molecule has 43 heavy (non-hydrogen) atoms. The second-order valence-electron chi connectivity index (χ2n) is 9.97. The Morgan fingerprint density at radius 1 is 0.953 bits per heavy atom. The van der Waals surface area contributed by atoms with Gasteiger partial charge in [0, 0.05) is 24.5 Å². The van der Waals surface area contributed by atoms with Crippen molar-refractivity contribution < 1.29 is 32.2 Å². The molecule has 0 spiro atoms. The lowest BCUT2D eigenvalue weighted by Crippen LogP contribution is -2.41. The molecule has 8 nitrogen and oxygen atoms in total. The van der Waals surface area contributed by atoms with Gasteiger partial charge in [-0.25, -0.2) is 9.59 Å². The zero-order valence-corrected chi connectivity index (χ0v) is 23.3. The molecule has 1 unspecified atom stereocenters. The maximum Gasteiger partial charge on any atom is 0.418 e. The van der Waals surface area contributed by atoms with Crippen molar-refractivity contribution in [3.63, 3.8) is 0 Å². The first-order valence-electron chi connectivity index (χ1n) is 13.3. The van der Waals surface area contributed by atoms with Crippen molar-refractivity contribution in [1.29, 1.82) is 5.26 Å². The van der Waals surface area contributed by atoms with Gasteiger partial charge in [0.1, 0.15) is 11.5 Å². The van der Waals surface area contributed by atoms with Gasteiger partial charge < -0.3 is 20.1 Å². The summed E-state index contributed by atoms with van der Waals surface area (Å²) < 4.78 is 53.9. The fraction of sp³-hybridized carbons (Fsp3) is 0.219. The Labute approximate surface area is 246 Å². The van der Waals surface area contributed by atoms with Crippen molar-refractivity contribution in [2.45, 2.75) is 25.1 Å². The predicted molar refractivity (Wildman–Crippen MR) is 152 cm³/mol. The van der Waals surface area contributed by atoms with Gasteiger partial charge in [-0.15, -0.1) is 0 Å². The summed E-state index contributed by atoms with van der Waals surface area (Å²) in [6.07, 6.45) is -4.22. The van der Waals surface area contributed by atoms with Gasteiger partial charge >= 0.3 is 18.1 Å². The number of rotatable bonds is 5. The molecule has 0 fully saturated rings. The molecule has 0 amide bonds. The van der Waals surface area contributed by atoms with Crippen LogP contribution in [0.3, 0.4) is 0 Å². The third kappa shape index (κ3) is 5.28. The minimum atomic E-state index is -4.79. The molecule has 3 aromatic rings. The van der Waals surface area contributed by atoms with Crippen LogP contribution in [0.5, 0.6) is 0 Å². The number of carbonyl (C=O) groups excluding carboxylic acids is 2. The number of halogens is 3. The summed E-state index contributed by atoms with van der Waals surface area (Å²) in [6, 6.07) is 21.5. The van der Waals surface area contributed by atoms with Gasteiger partial charge in [-0.2, -0.15) is 18.4 Å². The Balaban J connectivity index is 1.72. The van der Waals surface area contributed by atoms with Crippen molar-refractivity contribution in [3.05, 3.63) is 118 Å². The van der Waals surface area contributed by atoms with Crippen LogP contribution < -0.4 is 15.5 Å². The van der Waals surface area contributed by atoms with E-state index in [2.05, 4.69) is 0 Å². The molecule has 220 valence electrons. The number of allylic oxidation sites excluding steroid dienone is 1. The van der Waals surface area contributed by atoms with Crippen molar-refractivity contribution >= 4 is 23.3 Å². The van der Waals surface area contributed by atoms with Crippen molar-refractivity contribution in [2.75, 3.05) is 30.6 Å². The standard InChI is InChI=1S/C32H27F3N4O4/c1-42-30(40)27-26(20-9-4-3-5-10-20)23(17-36)29(37)39(28(27)31(41)43-2)22-12-13-25(24(16-22)32(33,34)35)38-15-14-19-8-6-7-11-21(19)18-38/h3-13,16,26H,14-15,18,37H2,1-2H3. The van der Waals surface area contributed by atoms with Crippen LogP contribution in [0, 0.1) is 11.3 Å². The van der Waals surface area contributed by atoms with Gasteiger partial charge in [-0.3, -0.25) is 4.90 Å². The summed E-state index contributed by atoms with van der Waals surface area (Å²) in [6.45, 7) is 0.643. The molecule has 1 atom stereocenters. The van der Waals surface area contributed by atoms with E-state index in [1.165, 1.54) is 12.1 Å². The minimum Gasteiger partial charge on any atom is -0.466 e. The summed E-state index contributed by atoms with van der Waals surface area (Å²) in [5, 5.41) is 10.2. The number of nitrogens with zero attached hydrogens (tertiary/aromatic N) is 3. The van der Waals surface area contributed by atoms with E-state index >= 15 is 0 Å². The Kier molecular flexibility index (Phi) is 7.87. The molecule has 2 aliphatic heterocycles. The van der Waals surface area contributed by atoms with Crippen LogP contribution in [0.2, 0.25) is 0 Å². The first-order valence-corrected chi connectivity index (χ1v) is 13.3. The zero-order valence-electron chi connectivity index (χ0n) is 23.3. The van der Waals surface area contributed by atoms with Crippen molar-refractivity contribution in [1.82, 2.24) is 0 Å². The molecule has 3 aromatic carbocycles. The van der Waals surface area contributed by atoms with Gasteiger partial charge in [0.05, 0.1) is 42.9 Å². The molecule has 5 rings (SSSR count). The number of nitriles is 1. The average molecular weight is 589 g/mol. The number of nitrogens with two attached hydrogens (primary N) is 1. The molecule has 2 N–H and O–H groups in total. The first-order chi connectivity index (χ1) is 20.6. The highest BCUT2D eigenvalue weighted by Gasteiger charge is 2.44. The van der Waals surface area contributed by atoms with Crippen molar-refractivity contribution in [3.8, 4) is 6.07 Å². The summed E-state index contributed by atoms with van der Waals surface area (Å²) in [7, 11) is 2.16. The van der Waals surface area contributed by atoms with Crippen LogP contribution in [0.25, 0.3) is 0 Å². The number of alkyl halides is 3. The summed E-state index contributed by atoms with van der Waals surface area (Å²) in [4.78, 5) is 29.1. The van der Waals surface area contributed by atoms with E-state index in [0.717, 1.165) is 36.3 Å². The van der Waals surface area contributed by atoms with E-state index in [0.29, 0.717) is 18.5 Å². The fourth-order valence-corrected chi connectivity index (χ4v) is 5.65. The molecule has 0 bridgehead atoms. The Morgan fingerprint density at radius 3 is 2.23 bits per heavy atom. The Morgan fingerprint density at radius 2 is 1.60 bits per heavy atom. The van der Waals surface area contributed by atoms with Gasteiger partial charge in [-0.1, -0.05) is 54.6 Å². The Hall–Kier alpha value is -5.24. The largest absolute Gasteiger partial charge is 0.466 e. The molecule has 2 aliphatic rings. The normalized spacial score (nSPS) is 16.9.